The van der Waals surface area contributed by atoms with Crippen LogP contribution in [0.1, 0.15) is 38.8 Å². The minimum atomic E-state index is -3.24. The fourth-order valence-electron chi connectivity index (χ4n) is 2.11. The van der Waals surface area contributed by atoms with Gasteiger partial charge in [-0.1, -0.05) is 26.0 Å². The number of anilines is 1. The highest BCUT2D eigenvalue weighted by atomic mass is 32.2. The van der Waals surface area contributed by atoms with Gasteiger partial charge in [0.2, 0.25) is 10.0 Å². The minimum Gasteiger partial charge on any atom is -0.392 e. The second-order valence-corrected chi connectivity index (χ2v) is 7.66. The topological polar surface area (TPSA) is 78.4 Å². The maximum atomic E-state index is 11.1. The Morgan fingerprint density at radius 3 is 2.19 bits per heavy atom. The summed E-state index contributed by atoms with van der Waals surface area (Å²) in [6.45, 7) is 6.73. The van der Waals surface area contributed by atoms with Crippen LogP contribution in [0.3, 0.4) is 0 Å². The third kappa shape index (κ3) is 7.45. The molecule has 2 atom stereocenters. The van der Waals surface area contributed by atoms with Gasteiger partial charge in [-0.05, 0) is 37.0 Å². The van der Waals surface area contributed by atoms with E-state index in [1.54, 1.807) is 12.1 Å². The second kappa shape index (κ2) is 7.77. The Kier molecular flexibility index (Phi) is 6.64. The predicted molar refractivity (Wildman–Crippen MR) is 86.8 cm³/mol. The Balaban J connectivity index is 2.53. The lowest BCUT2D eigenvalue weighted by molar-refractivity contribution is 0.143. The quantitative estimate of drug-likeness (QED) is 0.687. The molecule has 0 bridgehead atoms. The van der Waals surface area contributed by atoms with Crippen molar-refractivity contribution in [3.63, 3.8) is 0 Å². The van der Waals surface area contributed by atoms with E-state index in [0.29, 0.717) is 18.2 Å². The van der Waals surface area contributed by atoms with Gasteiger partial charge in [0.05, 0.1) is 12.4 Å². The van der Waals surface area contributed by atoms with Crippen molar-refractivity contribution in [3.8, 4) is 0 Å². The number of nitrogens with one attached hydrogen (secondary N) is 2. The third-order valence-electron chi connectivity index (χ3n) is 3.12. The number of rotatable bonds is 8. The first-order valence-corrected chi connectivity index (χ1v) is 9.05. The first-order valence-electron chi connectivity index (χ1n) is 7.16. The number of hydrogen-bond donors (Lipinski definition) is 3. The van der Waals surface area contributed by atoms with Gasteiger partial charge in [-0.3, -0.25) is 4.72 Å². The van der Waals surface area contributed by atoms with Crippen molar-refractivity contribution in [3.05, 3.63) is 29.8 Å². The molecule has 120 valence electrons. The van der Waals surface area contributed by atoms with Crippen LogP contribution in [0.4, 0.5) is 5.69 Å². The molecular weight excluding hydrogens is 288 g/mol. The standard InChI is InChI=1S/C15H26N2O3S/c1-11(2)9-15(18)10-16-12(3)13-5-7-14(8-6-13)17-21(4,19)20/h5-8,11-12,15-18H,9-10H2,1-4H3. The van der Waals surface area contributed by atoms with Gasteiger partial charge in [0.1, 0.15) is 0 Å². The Bertz CT molecular complexity index is 526. The van der Waals surface area contributed by atoms with Gasteiger partial charge in [-0.15, -0.1) is 0 Å². The number of aliphatic hydroxyl groups excluding tert-OH is 1. The molecule has 1 aromatic carbocycles. The summed E-state index contributed by atoms with van der Waals surface area (Å²) in [7, 11) is -3.24. The molecular formula is C15H26N2O3S. The second-order valence-electron chi connectivity index (χ2n) is 5.91. The zero-order chi connectivity index (χ0) is 16.0. The van der Waals surface area contributed by atoms with Crippen LogP contribution < -0.4 is 10.0 Å². The molecule has 0 radical (unpaired) electrons. The number of benzene rings is 1. The molecule has 5 nitrogen and oxygen atoms in total. The summed E-state index contributed by atoms with van der Waals surface area (Å²) in [5, 5.41) is 13.1. The van der Waals surface area contributed by atoms with E-state index in [0.717, 1.165) is 18.2 Å². The summed E-state index contributed by atoms with van der Waals surface area (Å²) >= 11 is 0. The molecule has 1 aromatic rings. The van der Waals surface area contributed by atoms with Gasteiger partial charge >= 0.3 is 0 Å². The molecule has 6 heteroatoms. The smallest absolute Gasteiger partial charge is 0.229 e. The molecule has 0 heterocycles. The molecule has 0 fully saturated rings. The maximum Gasteiger partial charge on any atom is 0.229 e. The van der Waals surface area contributed by atoms with Crippen LogP contribution in [-0.4, -0.2) is 32.4 Å². The fraction of sp³-hybridized carbons (Fsp3) is 0.600. The van der Waals surface area contributed by atoms with Crippen LogP contribution in [0.25, 0.3) is 0 Å². The van der Waals surface area contributed by atoms with Gasteiger partial charge in [-0.25, -0.2) is 8.42 Å². The van der Waals surface area contributed by atoms with Crippen LogP contribution >= 0.6 is 0 Å². The van der Waals surface area contributed by atoms with E-state index in [2.05, 4.69) is 23.9 Å². The van der Waals surface area contributed by atoms with Crippen molar-refractivity contribution in [1.29, 1.82) is 0 Å². The fourth-order valence-corrected chi connectivity index (χ4v) is 2.68. The lowest BCUT2D eigenvalue weighted by Crippen LogP contribution is -2.30. The van der Waals surface area contributed by atoms with Crippen molar-refractivity contribution >= 4 is 15.7 Å². The largest absolute Gasteiger partial charge is 0.392 e. The van der Waals surface area contributed by atoms with Gasteiger partial charge < -0.3 is 10.4 Å². The van der Waals surface area contributed by atoms with Crippen molar-refractivity contribution in [2.24, 2.45) is 5.92 Å². The molecule has 1 rings (SSSR count). The zero-order valence-electron chi connectivity index (χ0n) is 13.1. The summed E-state index contributed by atoms with van der Waals surface area (Å²) in [5.41, 5.74) is 1.60. The molecule has 0 aromatic heterocycles. The summed E-state index contributed by atoms with van der Waals surface area (Å²) in [5.74, 6) is 0.471. The SMILES string of the molecule is CC(C)CC(O)CNC(C)c1ccc(NS(C)(=O)=O)cc1. The van der Waals surface area contributed by atoms with Crippen LogP contribution in [-0.2, 0) is 10.0 Å². The van der Waals surface area contributed by atoms with Crippen molar-refractivity contribution < 1.29 is 13.5 Å². The van der Waals surface area contributed by atoms with Gasteiger partial charge in [0, 0.05) is 18.3 Å². The lowest BCUT2D eigenvalue weighted by Gasteiger charge is -2.19. The highest BCUT2D eigenvalue weighted by Gasteiger charge is 2.10. The first kappa shape index (κ1) is 17.9. The molecule has 0 amide bonds. The lowest BCUT2D eigenvalue weighted by atomic mass is 10.0. The molecule has 0 aliphatic heterocycles. The average molecular weight is 314 g/mol. The van der Waals surface area contributed by atoms with E-state index in [9.17, 15) is 13.5 Å². The van der Waals surface area contributed by atoms with Crippen LogP contribution in [0.15, 0.2) is 24.3 Å². The average Bonchev–Trinajstić information content (AvgIpc) is 2.34. The summed E-state index contributed by atoms with van der Waals surface area (Å²) < 4.78 is 24.7. The Morgan fingerprint density at radius 1 is 1.14 bits per heavy atom. The Morgan fingerprint density at radius 2 is 1.71 bits per heavy atom. The van der Waals surface area contributed by atoms with Gasteiger partial charge in [0.25, 0.3) is 0 Å². The van der Waals surface area contributed by atoms with Crippen LogP contribution in [0.5, 0.6) is 0 Å². The molecule has 3 N–H and O–H groups in total. The number of hydrogen-bond acceptors (Lipinski definition) is 4. The summed E-state index contributed by atoms with van der Waals surface area (Å²) in [4.78, 5) is 0. The van der Waals surface area contributed by atoms with Crippen molar-refractivity contribution in [2.75, 3.05) is 17.5 Å². The molecule has 2 unspecified atom stereocenters. The Labute approximate surface area is 127 Å². The molecule has 0 saturated heterocycles. The van der Waals surface area contributed by atoms with E-state index in [1.807, 2.05) is 19.1 Å². The normalized spacial score (nSPS) is 15.0. The highest BCUT2D eigenvalue weighted by Crippen LogP contribution is 2.17. The number of aliphatic hydroxyl groups is 1. The molecule has 21 heavy (non-hydrogen) atoms. The van der Waals surface area contributed by atoms with E-state index in [4.69, 9.17) is 0 Å². The van der Waals surface area contributed by atoms with E-state index in [-0.39, 0.29) is 12.1 Å². The van der Waals surface area contributed by atoms with Crippen LogP contribution in [0.2, 0.25) is 0 Å². The van der Waals surface area contributed by atoms with E-state index < -0.39 is 10.0 Å². The number of sulfonamides is 1. The van der Waals surface area contributed by atoms with Crippen molar-refractivity contribution in [1.82, 2.24) is 5.32 Å². The van der Waals surface area contributed by atoms with E-state index >= 15 is 0 Å². The highest BCUT2D eigenvalue weighted by molar-refractivity contribution is 7.92. The van der Waals surface area contributed by atoms with Crippen molar-refractivity contribution in [2.45, 2.75) is 39.3 Å². The minimum absolute atomic E-state index is 0.0964. The van der Waals surface area contributed by atoms with Gasteiger partial charge in [-0.2, -0.15) is 0 Å². The summed E-state index contributed by atoms with van der Waals surface area (Å²) in [6.07, 6.45) is 1.55. The van der Waals surface area contributed by atoms with Gasteiger partial charge in [0.15, 0.2) is 0 Å². The summed E-state index contributed by atoms with van der Waals surface area (Å²) in [6, 6.07) is 7.32. The molecule has 0 aliphatic rings. The monoisotopic (exact) mass is 314 g/mol. The molecule has 0 saturated carbocycles. The zero-order valence-corrected chi connectivity index (χ0v) is 13.9. The molecule has 0 spiro atoms. The third-order valence-corrected chi connectivity index (χ3v) is 3.72. The first-order chi connectivity index (χ1) is 9.67. The molecule has 0 aliphatic carbocycles. The van der Waals surface area contributed by atoms with Crippen LogP contribution in [0, 0.1) is 5.92 Å². The Hall–Kier alpha value is -1.11. The van der Waals surface area contributed by atoms with E-state index in [1.165, 1.54) is 0 Å². The predicted octanol–water partition coefficient (Wildman–Crippen LogP) is 2.12. The maximum absolute atomic E-state index is 11.1.